The summed E-state index contributed by atoms with van der Waals surface area (Å²) >= 11 is 1.53. The molecule has 2 aromatic rings. The van der Waals surface area contributed by atoms with E-state index in [-0.39, 0.29) is 23.3 Å². The molecule has 1 aromatic carbocycles. The van der Waals surface area contributed by atoms with Gasteiger partial charge in [-0.1, -0.05) is 30.3 Å². The highest BCUT2D eigenvalue weighted by Crippen LogP contribution is 2.60. The van der Waals surface area contributed by atoms with Crippen molar-refractivity contribution in [2.45, 2.75) is 63.8 Å². The predicted molar refractivity (Wildman–Crippen MR) is 125 cm³/mol. The number of carbonyl (C=O) groups excluding carboxylic acids is 2. The van der Waals surface area contributed by atoms with Crippen molar-refractivity contribution in [3.8, 4) is 0 Å². The van der Waals surface area contributed by atoms with E-state index in [1.165, 1.54) is 36.2 Å². The van der Waals surface area contributed by atoms with Crippen LogP contribution in [-0.4, -0.2) is 34.3 Å². The van der Waals surface area contributed by atoms with Crippen molar-refractivity contribution in [2.24, 2.45) is 23.2 Å². The summed E-state index contributed by atoms with van der Waals surface area (Å²) in [6.07, 6.45) is 11.5. The molecular formula is C26H31N3O2S. The molecule has 4 saturated carbocycles. The first kappa shape index (κ1) is 20.4. The first-order chi connectivity index (χ1) is 15.6. The SMILES string of the molecule is O=C(Nc1ncc(Cc2ccccc2)s1)C1CCCN1C(=O)C12CC3CC(CC(C3)C1)C2. The second-order valence-electron chi connectivity index (χ2n) is 10.6. The number of likely N-dealkylation sites (tertiary alicyclic amines) is 1. The highest BCUT2D eigenvalue weighted by Gasteiger charge is 2.56. The maximum Gasteiger partial charge on any atom is 0.248 e. The Morgan fingerprint density at radius 2 is 1.75 bits per heavy atom. The lowest BCUT2D eigenvalue weighted by atomic mass is 9.49. The number of nitrogens with zero attached hydrogens (tertiary/aromatic N) is 2. The van der Waals surface area contributed by atoms with Crippen LogP contribution in [0.2, 0.25) is 0 Å². The van der Waals surface area contributed by atoms with Gasteiger partial charge in [0.15, 0.2) is 5.13 Å². The number of thiazole rings is 1. The van der Waals surface area contributed by atoms with Crippen LogP contribution in [0.25, 0.3) is 0 Å². The lowest BCUT2D eigenvalue weighted by molar-refractivity contribution is -0.160. The number of amides is 2. The maximum absolute atomic E-state index is 13.8. The topological polar surface area (TPSA) is 62.3 Å². The number of benzene rings is 1. The molecule has 1 aliphatic heterocycles. The van der Waals surface area contributed by atoms with Gasteiger partial charge in [-0.25, -0.2) is 4.98 Å². The van der Waals surface area contributed by atoms with Crippen LogP contribution in [0.4, 0.5) is 5.13 Å². The zero-order chi connectivity index (χ0) is 21.7. The summed E-state index contributed by atoms with van der Waals surface area (Å²) < 4.78 is 0. The Hall–Kier alpha value is -2.21. The summed E-state index contributed by atoms with van der Waals surface area (Å²) in [6, 6.07) is 9.94. The summed E-state index contributed by atoms with van der Waals surface area (Å²) in [7, 11) is 0. The minimum Gasteiger partial charge on any atom is -0.330 e. The smallest absolute Gasteiger partial charge is 0.248 e. The number of carbonyl (C=O) groups is 2. The quantitative estimate of drug-likeness (QED) is 0.708. The van der Waals surface area contributed by atoms with Gasteiger partial charge < -0.3 is 10.2 Å². The second-order valence-corrected chi connectivity index (χ2v) is 11.8. The summed E-state index contributed by atoms with van der Waals surface area (Å²) in [5.41, 5.74) is 1.05. The highest BCUT2D eigenvalue weighted by molar-refractivity contribution is 7.15. The second kappa shape index (κ2) is 7.98. The minimum absolute atomic E-state index is 0.0683. The van der Waals surface area contributed by atoms with Crippen molar-refractivity contribution in [1.82, 2.24) is 9.88 Å². The Morgan fingerprint density at radius 3 is 2.44 bits per heavy atom. The Labute approximate surface area is 193 Å². The fourth-order valence-corrected chi connectivity index (χ4v) is 8.24. The third-order valence-electron chi connectivity index (χ3n) is 8.31. The Morgan fingerprint density at radius 1 is 1.06 bits per heavy atom. The summed E-state index contributed by atoms with van der Waals surface area (Å²) in [4.78, 5) is 34.5. The lowest BCUT2D eigenvalue weighted by Gasteiger charge is -2.56. The lowest BCUT2D eigenvalue weighted by Crippen LogP contribution is -2.56. The summed E-state index contributed by atoms with van der Waals surface area (Å²) in [5.74, 6) is 2.41. The van der Waals surface area contributed by atoms with E-state index in [1.54, 1.807) is 0 Å². The number of anilines is 1. The Bertz CT molecular complexity index is 982. The summed E-state index contributed by atoms with van der Waals surface area (Å²) in [5, 5.41) is 3.66. The third kappa shape index (κ3) is 3.66. The van der Waals surface area contributed by atoms with Crippen LogP contribution in [-0.2, 0) is 16.0 Å². The normalized spacial score (nSPS) is 32.9. The first-order valence-corrected chi connectivity index (χ1v) is 13.0. The van der Waals surface area contributed by atoms with Gasteiger partial charge in [-0.2, -0.15) is 0 Å². The van der Waals surface area contributed by atoms with Gasteiger partial charge in [0.25, 0.3) is 0 Å². The molecule has 1 saturated heterocycles. The average Bonchev–Trinajstić information content (AvgIpc) is 3.43. The van der Waals surface area contributed by atoms with E-state index in [0.29, 0.717) is 5.13 Å². The van der Waals surface area contributed by atoms with E-state index in [0.717, 1.165) is 67.7 Å². The molecule has 4 aliphatic carbocycles. The van der Waals surface area contributed by atoms with Crippen molar-refractivity contribution < 1.29 is 9.59 Å². The van der Waals surface area contributed by atoms with E-state index >= 15 is 0 Å². The van der Waals surface area contributed by atoms with Crippen LogP contribution in [0.5, 0.6) is 0 Å². The maximum atomic E-state index is 13.8. The third-order valence-corrected chi connectivity index (χ3v) is 9.23. The number of rotatable bonds is 5. The molecule has 7 rings (SSSR count). The van der Waals surface area contributed by atoms with Crippen LogP contribution >= 0.6 is 11.3 Å². The molecule has 4 bridgehead atoms. The van der Waals surface area contributed by atoms with Crippen molar-refractivity contribution >= 4 is 28.3 Å². The van der Waals surface area contributed by atoms with Crippen molar-refractivity contribution in [2.75, 3.05) is 11.9 Å². The van der Waals surface area contributed by atoms with Crippen LogP contribution in [0, 0.1) is 23.2 Å². The van der Waals surface area contributed by atoms with E-state index in [2.05, 4.69) is 22.4 Å². The van der Waals surface area contributed by atoms with E-state index < -0.39 is 0 Å². The van der Waals surface area contributed by atoms with Crippen LogP contribution in [0.1, 0.15) is 61.8 Å². The van der Waals surface area contributed by atoms with Gasteiger partial charge in [0, 0.05) is 24.0 Å². The average molecular weight is 450 g/mol. The molecule has 2 heterocycles. The zero-order valence-corrected chi connectivity index (χ0v) is 19.3. The fraction of sp³-hybridized carbons (Fsp3) is 0.577. The van der Waals surface area contributed by atoms with Gasteiger partial charge in [0.2, 0.25) is 11.8 Å². The molecule has 5 fully saturated rings. The molecule has 168 valence electrons. The monoisotopic (exact) mass is 449 g/mol. The standard InChI is InChI=1S/C26H31N3O2S/c30-23(28-25-27-16-21(32-25)12-17-5-2-1-3-6-17)22-7-4-8-29(22)24(31)26-13-18-9-19(14-26)11-20(10-18)15-26/h1-3,5-6,16,18-20,22H,4,7-15H2,(H,27,28,30). The molecule has 32 heavy (non-hydrogen) atoms. The minimum atomic E-state index is -0.350. The van der Waals surface area contributed by atoms with Crippen LogP contribution < -0.4 is 5.32 Å². The van der Waals surface area contributed by atoms with Gasteiger partial charge in [-0.15, -0.1) is 11.3 Å². The van der Waals surface area contributed by atoms with E-state index in [4.69, 9.17) is 0 Å². The zero-order valence-electron chi connectivity index (χ0n) is 18.5. The van der Waals surface area contributed by atoms with Gasteiger partial charge in [-0.3, -0.25) is 9.59 Å². The Kier molecular flexibility index (Phi) is 5.09. The molecule has 1 N–H and O–H groups in total. The van der Waals surface area contributed by atoms with Crippen molar-refractivity contribution in [3.63, 3.8) is 0 Å². The molecule has 1 atom stereocenters. The largest absolute Gasteiger partial charge is 0.330 e. The number of aromatic nitrogens is 1. The van der Waals surface area contributed by atoms with Crippen LogP contribution in [0.15, 0.2) is 36.5 Å². The fourth-order valence-electron chi connectivity index (χ4n) is 7.39. The molecule has 6 heteroatoms. The molecule has 0 radical (unpaired) electrons. The summed E-state index contributed by atoms with van der Waals surface area (Å²) in [6.45, 7) is 0.718. The number of hydrogen-bond donors (Lipinski definition) is 1. The molecule has 5 nitrogen and oxygen atoms in total. The number of nitrogens with one attached hydrogen (secondary N) is 1. The van der Waals surface area contributed by atoms with Gasteiger partial charge in [0.05, 0.1) is 5.41 Å². The molecule has 1 aromatic heterocycles. The first-order valence-electron chi connectivity index (χ1n) is 12.2. The Balaban J connectivity index is 1.13. The van der Waals surface area contributed by atoms with Gasteiger partial charge in [0.1, 0.15) is 6.04 Å². The molecule has 0 spiro atoms. The molecule has 2 amide bonds. The molecule has 5 aliphatic rings. The van der Waals surface area contributed by atoms with Crippen molar-refractivity contribution in [1.29, 1.82) is 0 Å². The molecular weight excluding hydrogens is 418 g/mol. The van der Waals surface area contributed by atoms with E-state index in [9.17, 15) is 9.59 Å². The molecule has 1 unspecified atom stereocenters. The number of hydrogen-bond acceptors (Lipinski definition) is 4. The van der Waals surface area contributed by atoms with Gasteiger partial charge >= 0.3 is 0 Å². The highest BCUT2D eigenvalue weighted by atomic mass is 32.1. The van der Waals surface area contributed by atoms with Crippen LogP contribution in [0.3, 0.4) is 0 Å². The van der Waals surface area contributed by atoms with Gasteiger partial charge in [-0.05, 0) is 74.7 Å². The van der Waals surface area contributed by atoms with Crippen molar-refractivity contribution in [3.05, 3.63) is 47.0 Å². The van der Waals surface area contributed by atoms with E-state index in [1.807, 2.05) is 29.3 Å². The predicted octanol–water partition coefficient (Wildman–Crippen LogP) is 4.88.